The molecule has 1 aromatic carbocycles. The van der Waals surface area contributed by atoms with E-state index in [2.05, 4.69) is 15.6 Å². The van der Waals surface area contributed by atoms with E-state index in [0.29, 0.717) is 56.0 Å². The monoisotopic (exact) mass is 465 g/mol. The van der Waals surface area contributed by atoms with Crippen molar-refractivity contribution in [2.45, 2.75) is 20.3 Å². The van der Waals surface area contributed by atoms with Gasteiger partial charge in [0.05, 0.1) is 69.6 Å². The lowest BCUT2D eigenvalue weighted by atomic mass is 10.1. The van der Waals surface area contributed by atoms with E-state index in [0.717, 1.165) is 10.6 Å². The molecule has 0 aliphatic rings. The third-order valence-electron chi connectivity index (χ3n) is 4.34. The molecule has 0 saturated carbocycles. The molecule has 0 spiro atoms. The van der Waals surface area contributed by atoms with Crippen molar-refractivity contribution in [3.8, 4) is 0 Å². The Kier molecular flexibility index (Phi) is 11.8. The Morgan fingerprint density at radius 3 is 2.16 bits per heavy atom. The fourth-order valence-corrected chi connectivity index (χ4v) is 3.35. The average molecular weight is 466 g/mol. The maximum Gasteiger partial charge on any atom is 0.259 e. The topological polar surface area (TPSA) is 108 Å². The number of para-hydroxylation sites is 1. The van der Waals surface area contributed by atoms with Gasteiger partial charge in [0.1, 0.15) is 0 Å². The summed E-state index contributed by atoms with van der Waals surface area (Å²) in [5, 5.41) is 6.09. The van der Waals surface area contributed by atoms with E-state index in [-0.39, 0.29) is 24.8 Å². The second-order valence-corrected chi connectivity index (χ2v) is 7.99. The number of aryl methyl sites for hydroxylation is 2. The number of carbonyl (C=O) groups excluding carboxylic acids is 2. The quantitative estimate of drug-likeness (QED) is 0.389. The van der Waals surface area contributed by atoms with Crippen molar-refractivity contribution in [2.75, 3.05) is 64.0 Å². The predicted molar refractivity (Wildman–Crippen MR) is 124 cm³/mol. The lowest BCUT2D eigenvalue weighted by molar-refractivity contribution is -0.117. The van der Waals surface area contributed by atoms with Crippen molar-refractivity contribution >= 4 is 34.0 Å². The van der Waals surface area contributed by atoms with Gasteiger partial charge >= 0.3 is 0 Å². The SMILES string of the molecule is COCCOCCOCCOCCC(=O)Nc1ccccc1C(=O)Nc1nc(C)c(C)s1. The van der Waals surface area contributed by atoms with Gasteiger partial charge in [0, 0.05) is 12.0 Å². The van der Waals surface area contributed by atoms with Crippen LogP contribution in [0.1, 0.15) is 27.3 Å². The van der Waals surface area contributed by atoms with Crippen LogP contribution < -0.4 is 10.6 Å². The molecule has 2 amide bonds. The van der Waals surface area contributed by atoms with Crippen molar-refractivity contribution in [2.24, 2.45) is 0 Å². The van der Waals surface area contributed by atoms with E-state index in [4.69, 9.17) is 18.9 Å². The van der Waals surface area contributed by atoms with Crippen LogP contribution in [0.25, 0.3) is 0 Å². The minimum Gasteiger partial charge on any atom is -0.382 e. The van der Waals surface area contributed by atoms with E-state index in [1.54, 1.807) is 31.4 Å². The molecule has 1 heterocycles. The molecule has 2 aromatic rings. The number of rotatable bonds is 15. The molecule has 0 radical (unpaired) electrons. The maximum absolute atomic E-state index is 12.6. The van der Waals surface area contributed by atoms with Crippen LogP contribution in [0.3, 0.4) is 0 Å². The van der Waals surface area contributed by atoms with E-state index < -0.39 is 0 Å². The van der Waals surface area contributed by atoms with Gasteiger partial charge in [0.25, 0.3) is 5.91 Å². The molecule has 0 atom stereocenters. The molecule has 0 saturated heterocycles. The Labute approximate surface area is 192 Å². The van der Waals surface area contributed by atoms with Crippen LogP contribution in [0.2, 0.25) is 0 Å². The van der Waals surface area contributed by atoms with Crippen LogP contribution in [0.15, 0.2) is 24.3 Å². The Bertz CT molecular complexity index is 838. The van der Waals surface area contributed by atoms with Gasteiger partial charge in [-0.05, 0) is 26.0 Å². The number of hydrogen-bond donors (Lipinski definition) is 2. The molecule has 1 aromatic heterocycles. The summed E-state index contributed by atoms with van der Waals surface area (Å²) in [5.74, 6) is -0.562. The highest BCUT2D eigenvalue weighted by Crippen LogP contribution is 2.23. The Balaban J connectivity index is 1.67. The zero-order chi connectivity index (χ0) is 23.2. The summed E-state index contributed by atoms with van der Waals surface area (Å²) in [7, 11) is 1.62. The average Bonchev–Trinajstić information content (AvgIpc) is 3.09. The maximum atomic E-state index is 12.6. The number of ether oxygens (including phenoxy) is 4. The summed E-state index contributed by atoms with van der Waals surface area (Å²) in [6.45, 7) is 6.99. The van der Waals surface area contributed by atoms with Gasteiger partial charge in [-0.25, -0.2) is 4.98 Å². The summed E-state index contributed by atoms with van der Waals surface area (Å²) in [4.78, 5) is 30.3. The third kappa shape index (κ3) is 9.41. The van der Waals surface area contributed by atoms with Crippen molar-refractivity contribution in [1.29, 1.82) is 0 Å². The van der Waals surface area contributed by atoms with Gasteiger partial charge in [-0.2, -0.15) is 0 Å². The summed E-state index contributed by atoms with van der Waals surface area (Å²) < 4.78 is 21.0. The molecule has 176 valence electrons. The number of nitrogens with zero attached hydrogens (tertiary/aromatic N) is 1. The molecule has 2 N–H and O–H groups in total. The summed E-state index contributed by atoms with van der Waals surface area (Å²) in [6, 6.07) is 6.85. The summed E-state index contributed by atoms with van der Waals surface area (Å²) >= 11 is 1.41. The smallest absolute Gasteiger partial charge is 0.259 e. The number of amides is 2. The van der Waals surface area contributed by atoms with E-state index in [1.165, 1.54) is 11.3 Å². The molecule has 0 bridgehead atoms. The standard InChI is InChI=1S/C22H31N3O6S/c1-16-17(2)32-22(23-16)25-21(27)18-6-4-5-7-19(18)24-20(26)8-9-29-12-13-31-15-14-30-11-10-28-3/h4-7H,8-15H2,1-3H3,(H,24,26)(H,23,25,27). The van der Waals surface area contributed by atoms with Gasteiger partial charge in [0.15, 0.2) is 5.13 Å². The van der Waals surface area contributed by atoms with Crippen LogP contribution in [0, 0.1) is 13.8 Å². The predicted octanol–water partition coefficient (Wildman–Crippen LogP) is 3.04. The van der Waals surface area contributed by atoms with Crippen LogP contribution in [0.5, 0.6) is 0 Å². The fraction of sp³-hybridized carbons (Fsp3) is 0.500. The van der Waals surface area contributed by atoms with E-state index in [9.17, 15) is 9.59 Å². The van der Waals surface area contributed by atoms with Crippen molar-refractivity contribution < 1.29 is 28.5 Å². The minimum atomic E-state index is -0.325. The molecule has 0 unspecified atom stereocenters. The van der Waals surface area contributed by atoms with Gasteiger partial charge in [-0.3, -0.25) is 14.9 Å². The van der Waals surface area contributed by atoms with Crippen molar-refractivity contribution in [3.63, 3.8) is 0 Å². The first kappa shape index (κ1) is 25.9. The number of methoxy groups -OCH3 is 1. The second kappa shape index (κ2) is 14.6. The molecular weight excluding hydrogens is 434 g/mol. The van der Waals surface area contributed by atoms with E-state index in [1.807, 2.05) is 13.8 Å². The highest BCUT2D eigenvalue weighted by molar-refractivity contribution is 7.15. The first-order chi connectivity index (χ1) is 15.5. The largest absolute Gasteiger partial charge is 0.382 e. The molecule has 32 heavy (non-hydrogen) atoms. The van der Waals surface area contributed by atoms with Crippen LogP contribution in [-0.2, 0) is 23.7 Å². The number of hydrogen-bond acceptors (Lipinski definition) is 8. The highest BCUT2D eigenvalue weighted by Gasteiger charge is 2.15. The number of benzene rings is 1. The molecule has 9 nitrogen and oxygen atoms in total. The summed E-state index contributed by atoms with van der Waals surface area (Å²) in [5.41, 5.74) is 1.69. The molecule has 0 aliphatic carbocycles. The molecule has 10 heteroatoms. The van der Waals surface area contributed by atoms with Crippen LogP contribution in [-0.4, -0.2) is 70.2 Å². The molecule has 2 rings (SSSR count). The van der Waals surface area contributed by atoms with Gasteiger partial charge < -0.3 is 24.3 Å². The van der Waals surface area contributed by atoms with Crippen molar-refractivity contribution in [3.05, 3.63) is 40.4 Å². The number of thiazole rings is 1. The first-order valence-corrected chi connectivity index (χ1v) is 11.2. The Morgan fingerprint density at radius 2 is 1.53 bits per heavy atom. The van der Waals surface area contributed by atoms with Gasteiger partial charge in [-0.15, -0.1) is 11.3 Å². The molecular formula is C22H31N3O6S. The summed E-state index contributed by atoms with van der Waals surface area (Å²) in [6.07, 6.45) is 0.168. The Morgan fingerprint density at radius 1 is 0.906 bits per heavy atom. The fourth-order valence-electron chi connectivity index (χ4n) is 2.54. The Hall–Kier alpha value is -2.37. The van der Waals surface area contributed by atoms with Gasteiger partial charge in [0.2, 0.25) is 5.91 Å². The second-order valence-electron chi connectivity index (χ2n) is 6.79. The highest BCUT2D eigenvalue weighted by atomic mass is 32.1. The lowest BCUT2D eigenvalue weighted by Gasteiger charge is -2.11. The number of nitrogens with one attached hydrogen (secondary N) is 2. The third-order valence-corrected chi connectivity index (χ3v) is 5.33. The number of anilines is 2. The molecule has 0 fully saturated rings. The number of aromatic nitrogens is 1. The first-order valence-electron chi connectivity index (χ1n) is 10.4. The lowest BCUT2D eigenvalue weighted by Crippen LogP contribution is -2.19. The van der Waals surface area contributed by atoms with Crippen molar-refractivity contribution in [1.82, 2.24) is 4.98 Å². The van der Waals surface area contributed by atoms with E-state index >= 15 is 0 Å². The normalized spacial score (nSPS) is 10.8. The minimum absolute atomic E-state index is 0.168. The van der Waals surface area contributed by atoms with Gasteiger partial charge in [-0.1, -0.05) is 12.1 Å². The molecule has 0 aliphatic heterocycles. The number of carbonyl (C=O) groups is 2. The van der Waals surface area contributed by atoms with Crippen LogP contribution >= 0.6 is 11.3 Å². The zero-order valence-corrected chi connectivity index (χ0v) is 19.6. The van der Waals surface area contributed by atoms with Crippen LogP contribution in [0.4, 0.5) is 10.8 Å². The zero-order valence-electron chi connectivity index (χ0n) is 18.8.